The van der Waals surface area contributed by atoms with E-state index in [2.05, 4.69) is 83.8 Å². The Morgan fingerprint density at radius 3 is 2.18 bits per heavy atom. The van der Waals surface area contributed by atoms with Gasteiger partial charge in [-0.2, -0.15) is 0 Å². The predicted molar refractivity (Wildman–Crippen MR) is 142 cm³/mol. The molecule has 0 bridgehead atoms. The third-order valence-electron chi connectivity index (χ3n) is 10.9. The molecule has 3 nitrogen and oxygen atoms in total. The molecule has 2 aromatic rings. The smallest absolute Gasteiger partial charge is 0.185 e. The maximum absolute atomic E-state index is 3.79. The molecule has 5 aliphatic rings. The number of hydrogen-bond donors (Lipinski definition) is 1. The van der Waals surface area contributed by atoms with E-state index in [9.17, 15) is 0 Å². The molecule has 1 spiro atoms. The van der Waals surface area contributed by atoms with Crippen molar-refractivity contribution in [3.63, 3.8) is 0 Å². The summed E-state index contributed by atoms with van der Waals surface area (Å²) in [5.74, 6) is 2.92. The summed E-state index contributed by atoms with van der Waals surface area (Å²) in [5.41, 5.74) is 5.26. The van der Waals surface area contributed by atoms with Gasteiger partial charge in [0.15, 0.2) is 6.71 Å². The highest BCUT2D eigenvalue weighted by Crippen LogP contribution is 2.66. The van der Waals surface area contributed by atoms with E-state index < -0.39 is 0 Å². The Morgan fingerprint density at radius 2 is 1.47 bits per heavy atom. The Labute approximate surface area is 206 Å². The van der Waals surface area contributed by atoms with Crippen LogP contribution in [0.15, 0.2) is 54.6 Å². The second-order valence-corrected chi connectivity index (χ2v) is 12.1. The Morgan fingerprint density at radius 1 is 0.824 bits per heavy atom. The third kappa shape index (κ3) is 2.82. The van der Waals surface area contributed by atoms with E-state index >= 15 is 0 Å². The van der Waals surface area contributed by atoms with Gasteiger partial charge in [0, 0.05) is 30.0 Å². The molecule has 4 aliphatic heterocycles. The standard InChI is InChI=1S/C30H40BN3/c1-33-18-8-14-26-28(33)30(24-13-7-6-12-22(24)23-20-32-17-16-25(23)30)29-27(15-9-19-34(29)2)31(26)21-10-4-3-5-11-21/h3-7,10-13,23,25-29,32H,8-9,14-20H2,1-2H3. The number of rotatable bonds is 1. The number of benzene rings is 2. The lowest BCUT2D eigenvalue weighted by Gasteiger charge is -2.67. The Bertz CT molecular complexity index is 1010. The lowest BCUT2D eigenvalue weighted by atomic mass is 9.20. The first kappa shape index (κ1) is 21.7. The number of likely N-dealkylation sites (N-methyl/N-ethyl adjacent to an activating group) is 2. The van der Waals surface area contributed by atoms with Crippen molar-refractivity contribution in [2.75, 3.05) is 40.3 Å². The number of nitrogens with zero attached hydrogens (tertiary/aromatic N) is 2. The first-order valence-electron chi connectivity index (χ1n) is 14.0. The van der Waals surface area contributed by atoms with Gasteiger partial charge in [0.05, 0.1) is 0 Å². The predicted octanol–water partition coefficient (Wildman–Crippen LogP) is 3.98. The van der Waals surface area contributed by atoms with Crippen molar-refractivity contribution < 1.29 is 0 Å². The molecule has 0 amide bonds. The normalized spacial score (nSPS) is 39.9. The van der Waals surface area contributed by atoms with Crippen molar-refractivity contribution in [2.24, 2.45) is 5.92 Å². The van der Waals surface area contributed by atoms with E-state index in [0.29, 0.717) is 24.7 Å². The van der Waals surface area contributed by atoms with Gasteiger partial charge in [-0.25, -0.2) is 0 Å². The second-order valence-electron chi connectivity index (χ2n) is 12.1. The van der Waals surface area contributed by atoms with E-state index in [1.807, 2.05) is 0 Å². The maximum Gasteiger partial charge on any atom is 0.185 e. The molecule has 34 heavy (non-hydrogen) atoms. The van der Waals surface area contributed by atoms with Crippen LogP contribution in [0.2, 0.25) is 11.6 Å². The first-order valence-corrected chi connectivity index (χ1v) is 14.0. The minimum Gasteiger partial charge on any atom is -0.316 e. The average Bonchev–Trinajstić information content (AvgIpc) is 3.16. The van der Waals surface area contributed by atoms with Crippen molar-refractivity contribution in [3.8, 4) is 0 Å². The zero-order chi connectivity index (χ0) is 22.9. The summed E-state index contributed by atoms with van der Waals surface area (Å²) in [6, 6.07) is 22.7. The summed E-state index contributed by atoms with van der Waals surface area (Å²) in [7, 11) is 4.95. The number of likely N-dealkylation sites (tertiary alicyclic amines) is 2. The SMILES string of the molecule is CN1CCCC2B(c3ccccc3)C3CCCN(C)C3C3(c4ccccc4C4CNCCC43)C21. The molecule has 6 atom stereocenters. The van der Waals surface area contributed by atoms with Gasteiger partial charge in [0.1, 0.15) is 0 Å². The monoisotopic (exact) mass is 453 g/mol. The van der Waals surface area contributed by atoms with Crippen molar-refractivity contribution in [1.29, 1.82) is 0 Å². The van der Waals surface area contributed by atoms with Crippen LogP contribution in [0.3, 0.4) is 0 Å². The van der Waals surface area contributed by atoms with Crippen molar-refractivity contribution in [2.45, 2.75) is 67.2 Å². The van der Waals surface area contributed by atoms with Gasteiger partial charge >= 0.3 is 0 Å². The molecule has 1 aliphatic carbocycles. The summed E-state index contributed by atoms with van der Waals surface area (Å²) < 4.78 is 0. The number of hydrogen-bond acceptors (Lipinski definition) is 3. The highest BCUT2D eigenvalue weighted by molar-refractivity contribution is 6.76. The fraction of sp³-hybridized carbons (Fsp3) is 0.600. The number of nitrogens with one attached hydrogen (secondary N) is 1. The fourth-order valence-corrected chi connectivity index (χ4v) is 10.2. The van der Waals surface area contributed by atoms with Crippen LogP contribution in [0.25, 0.3) is 0 Å². The van der Waals surface area contributed by atoms with Gasteiger partial charge in [0.25, 0.3) is 0 Å². The topological polar surface area (TPSA) is 18.5 Å². The summed E-state index contributed by atoms with van der Waals surface area (Å²) in [4.78, 5) is 5.67. The summed E-state index contributed by atoms with van der Waals surface area (Å²) in [6.07, 6.45) is 6.80. The Kier molecular flexibility index (Phi) is 5.23. The fourth-order valence-electron chi connectivity index (χ4n) is 10.2. The molecular weight excluding hydrogens is 413 g/mol. The van der Waals surface area contributed by atoms with Gasteiger partial charge in [-0.3, -0.25) is 0 Å². The van der Waals surface area contributed by atoms with Gasteiger partial charge in [-0.1, -0.05) is 72.9 Å². The van der Waals surface area contributed by atoms with Gasteiger partial charge in [-0.05, 0) is 81.7 Å². The van der Waals surface area contributed by atoms with E-state index in [0.717, 1.165) is 24.1 Å². The molecule has 6 unspecified atom stereocenters. The first-order chi connectivity index (χ1) is 16.7. The molecule has 7 rings (SSSR count). The number of fused-ring (bicyclic) bond motifs is 9. The number of piperidine rings is 3. The molecule has 2 aromatic carbocycles. The molecular formula is C30H40BN3. The molecule has 4 heteroatoms. The lowest BCUT2D eigenvalue weighted by Crippen LogP contribution is -2.75. The van der Waals surface area contributed by atoms with E-state index in [1.165, 1.54) is 51.7 Å². The minimum absolute atomic E-state index is 0.244. The average molecular weight is 453 g/mol. The van der Waals surface area contributed by atoms with E-state index in [4.69, 9.17) is 0 Å². The molecule has 1 N–H and O–H groups in total. The Balaban J connectivity index is 1.50. The molecule has 4 fully saturated rings. The molecule has 0 aromatic heterocycles. The second kappa shape index (κ2) is 8.22. The van der Waals surface area contributed by atoms with Crippen molar-refractivity contribution >= 4 is 12.2 Å². The highest BCUT2D eigenvalue weighted by atomic mass is 15.2. The molecule has 4 saturated heterocycles. The van der Waals surface area contributed by atoms with Crippen LogP contribution < -0.4 is 10.8 Å². The maximum atomic E-state index is 3.79. The minimum atomic E-state index is 0.244. The zero-order valence-corrected chi connectivity index (χ0v) is 21.0. The van der Waals surface area contributed by atoms with Crippen LogP contribution in [0.4, 0.5) is 0 Å². The molecule has 178 valence electrons. The summed E-state index contributed by atoms with van der Waals surface area (Å²) in [6.45, 7) is 5.53. The molecule has 0 radical (unpaired) electrons. The van der Waals surface area contributed by atoms with Crippen LogP contribution in [0.1, 0.15) is 49.1 Å². The van der Waals surface area contributed by atoms with Crippen LogP contribution in [0.5, 0.6) is 0 Å². The quantitative estimate of drug-likeness (QED) is 0.660. The van der Waals surface area contributed by atoms with Crippen molar-refractivity contribution in [3.05, 3.63) is 65.7 Å². The Hall–Kier alpha value is -1.62. The molecule has 0 saturated carbocycles. The third-order valence-corrected chi connectivity index (χ3v) is 10.9. The van der Waals surface area contributed by atoms with E-state index in [1.54, 1.807) is 16.6 Å². The van der Waals surface area contributed by atoms with Crippen LogP contribution in [0, 0.1) is 5.92 Å². The van der Waals surface area contributed by atoms with Gasteiger partial charge in [-0.15, -0.1) is 0 Å². The van der Waals surface area contributed by atoms with Gasteiger partial charge < -0.3 is 15.1 Å². The van der Waals surface area contributed by atoms with Crippen LogP contribution in [-0.2, 0) is 5.41 Å². The summed E-state index contributed by atoms with van der Waals surface area (Å²) >= 11 is 0. The van der Waals surface area contributed by atoms with Crippen LogP contribution >= 0.6 is 0 Å². The lowest BCUT2D eigenvalue weighted by molar-refractivity contribution is -0.0311. The summed E-state index contributed by atoms with van der Waals surface area (Å²) in [5, 5.41) is 3.79. The highest BCUT2D eigenvalue weighted by Gasteiger charge is 2.69. The van der Waals surface area contributed by atoms with Gasteiger partial charge in [0.2, 0.25) is 0 Å². The molecule has 4 heterocycles. The van der Waals surface area contributed by atoms with Crippen LogP contribution in [-0.4, -0.2) is 68.9 Å². The zero-order valence-electron chi connectivity index (χ0n) is 21.0. The van der Waals surface area contributed by atoms with Crippen molar-refractivity contribution in [1.82, 2.24) is 15.1 Å². The largest absolute Gasteiger partial charge is 0.316 e. The van der Waals surface area contributed by atoms with E-state index in [-0.39, 0.29) is 5.41 Å².